The summed E-state index contributed by atoms with van der Waals surface area (Å²) in [5.74, 6) is -0.957. The number of carbonyl (C=O) groups excluding carboxylic acids is 3. The molecule has 0 unspecified atom stereocenters. The molecule has 0 fully saturated rings. The second-order valence-corrected chi connectivity index (χ2v) is 6.42. The predicted molar refractivity (Wildman–Crippen MR) is 107 cm³/mol. The highest BCUT2D eigenvalue weighted by molar-refractivity contribution is 6.30. The largest absolute Gasteiger partial charge is 0.423 e. The first-order chi connectivity index (χ1) is 13.4. The normalized spacial score (nSPS) is 10.2. The molecule has 1 N–H and O–H groups in total. The summed E-state index contributed by atoms with van der Waals surface area (Å²) in [4.78, 5) is 36.7. The van der Waals surface area contributed by atoms with E-state index in [4.69, 9.17) is 16.3 Å². The van der Waals surface area contributed by atoms with Crippen LogP contribution in [0.4, 0.5) is 5.69 Å². The van der Waals surface area contributed by atoms with Gasteiger partial charge in [0, 0.05) is 34.8 Å². The lowest BCUT2D eigenvalue weighted by atomic mass is 9.98. The summed E-state index contributed by atoms with van der Waals surface area (Å²) in [7, 11) is 0. The quantitative estimate of drug-likeness (QED) is 0.385. The fourth-order valence-electron chi connectivity index (χ4n) is 2.62. The number of hydrogen-bond donors (Lipinski definition) is 1. The lowest BCUT2D eigenvalue weighted by Gasteiger charge is -2.10. The van der Waals surface area contributed by atoms with Gasteiger partial charge in [0.15, 0.2) is 5.78 Å². The van der Waals surface area contributed by atoms with Crippen molar-refractivity contribution in [2.75, 3.05) is 5.32 Å². The minimum atomic E-state index is -0.669. The van der Waals surface area contributed by atoms with Crippen molar-refractivity contribution in [3.8, 4) is 5.75 Å². The zero-order valence-corrected chi connectivity index (χ0v) is 15.7. The SMILES string of the molecule is CC(=O)Nc1cccc(OC(=O)c2ccccc2C(=O)c2ccc(Cl)cc2)c1. The summed E-state index contributed by atoms with van der Waals surface area (Å²) in [5, 5.41) is 3.14. The molecule has 0 bridgehead atoms. The van der Waals surface area contributed by atoms with Crippen molar-refractivity contribution in [3.63, 3.8) is 0 Å². The predicted octanol–water partition coefficient (Wildman–Crippen LogP) is 4.75. The van der Waals surface area contributed by atoms with Crippen molar-refractivity contribution in [3.05, 3.63) is 94.5 Å². The molecule has 0 radical (unpaired) electrons. The van der Waals surface area contributed by atoms with Crippen molar-refractivity contribution in [1.82, 2.24) is 0 Å². The highest BCUT2D eigenvalue weighted by Crippen LogP contribution is 2.21. The molecule has 1 amide bonds. The Hall–Kier alpha value is -3.44. The van der Waals surface area contributed by atoms with E-state index in [2.05, 4.69) is 5.32 Å². The molecule has 3 aromatic carbocycles. The third kappa shape index (κ3) is 4.64. The Morgan fingerprint density at radius 1 is 0.857 bits per heavy atom. The molecule has 0 aromatic heterocycles. The maximum absolute atomic E-state index is 12.8. The minimum absolute atomic E-state index is 0.146. The topological polar surface area (TPSA) is 72.5 Å². The van der Waals surface area contributed by atoms with Gasteiger partial charge in [-0.15, -0.1) is 0 Å². The van der Waals surface area contributed by atoms with Crippen LogP contribution >= 0.6 is 11.6 Å². The average Bonchev–Trinajstić information content (AvgIpc) is 2.68. The smallest absolute Gasteiger partial charge is 0.344 e. The summed E-state index contributed by atoms with van der Waals surface area (Å²) < 4.78 is 5.40. The molecule has 0 saturated carbocycles. The number of anilines is 1. The summed E-state index contributed by atoms with van der Waals surface area (Å²) in [6.07, 6.45) is 0. The third-order valence-corrected chi connectivity index (χ3v) is 4.11. The molecule has 0 aliphatic rings. The number of benzene rings is 3. The molecule has 0 spiro atoms. The van der Waals surface area contributed by atoms with Crippen molar-refractivity contribution in [2.45, 2.75) is 6.92 Å². The van der Waals surface area contributed by atoms with Crippen LogP contribution in [0.1, 0.15) is 33.2 Å². The zero-order chi connectivity index (χ0) is 20.1. The average molecular weight is 394 g/mol. The summed E-state index contributed by atoms with van der Waals surface area (Å²) >= 11 is 5.87. The number of halogens is 1. The highest BCUT2D eigenvalue weighted by Gasteiger charge is 2.19. The van der Waals surface area contributed by atoms with Crippen molar-refractivity contribution in [2.24, 2.45) is 0 Å². The van der Waals surface area contributed by atoms with Gasteiger partial charge in [-0.2, -0.15) is 0 Å². The van der Waals surface area contributed by atoms with Gasteiger partial charge in [-0.1, -0.05) is 35.9 Å². The maximum atomic E-state index is 12.8. The first-order valence-corrected chi connectivity index (χ1v) is 8.81. The number of esters is 1. The summed E-state index contributed by atoms with van der Waals surface area (Å²) in [6.45, 7) is 1.39. The lowest BCUT2D eigenvalue weighted by Crippen LogP contribution is -2.15. The van der Waals surface area contributed by atoms with Crippen LogP contribution in [0.25, 0.3) is 0 Å². The molecule has 28 heavy (non-hydrogen) atoms. The Bertz CT molecular complexity index is 1040. The number of nitrogens with one attached hydrogen (secondary N) is 1. The van der Waals surface area contributed by atoms with E-state index in [9.17, 15) is 14.4 Å². The van der Waals surface area contributed by atoms with E-state index in [1.54, 1.807) is 60.7 Å². The molecule has 0 saturated heterocycles. The van der Waals surface area contributed by atoms with E-state index >= 15 is 0 Å². The second-order valence-electron chi connectivity index (χ2n) is 5.98. The first kappa shape index (κ1) is 19.3. The van der Waals surface area contributed by atoms with Crippen LogP contribution in [0.3, 0.4) is 0 Å². The molecule has 0 atom stereocenters. The molecular weight excluding hydrogens is 378 g/mol. The molecule has 0 aliphatic heterocycles. The molecule has 5 nitrogen and oxygen atoms in total. The number of hydrogen-bond acceptors (Lipinski definition) is 4. The standard InChI is InChI=1S/C22H16ClNO4/c1-14(25)24-17-5-4-6-18(13-17)28-22(27)20-8-3-2-7-19(20)21(26)15-9-11-16(23)12-10-15/h2-13H,1H3,(H,24,25). The van der Waals surface area contributed by atoms with Gasteiger partial charge in [0.05, 0.1) is 5.56 Å². The number of ether oxygens (including phenoxy) is 1. The van der Waals surface area contributed by atoms with Gasteiger partial charge in [0.25, 0.3) is 0 Å². The van der Waals surface area contributed by atoms with Gasteiger partial charge in [0.2, 0.25) is 5.91 Å². The molecule has 6 heteroatoms. The van der Waals surface area contributed by atoms with E-state index < -0.39 is 5.97 Å². The van der Waals surface area contributed by atoms with Crippen LogP contribution < -0.4 is 10.1 Å². The van der Waals surface area contributed by atoms with Crippen LogP contribution in [0.15, 0.2) is 72.8 Å². The lowest BCUT2D eigenvalue weighted by molar-refractivity contribution is -0.114. The second kappa shape index (κ2) is 8.50. The fourth-order valence-corrected chi connectivity index (χ4v) is 2.74. The van der Waals surface area contributed by atoms with Crippen LogP contribution in [0.2, 0.25) is 5.02 Å². The number of ketones is 1. The Morgan fingerprint density at radius 3 is 2.21 bits per heavy atom. The van der Waals surface area contributed by atoms with E-state index in [0.717, 1.165) is 0 Å². The fraction of sp³-hybridized carbons (Fsp3) is 0.0455. The minimum Gasteiger partial charge on any atom is -0.423 e. The van der Waals surface area contributed by atoms with Gasteiger partial charge in [-0.05, 0) is 42.5 Å². The summed E-state index contributed by atoms with van der Waals surface area (Å²) in [6, 6.07) is 19.3. The summed E-state index contributed by atoms with van der Waals surface area (Å²) in [5.41, 5.74) is 1.29. The van der Waals surface area contributed by atoms with Crippen LogP contribution in [0, 0.1) is 0 Å². The van der Waals surface area contributed by atoms with Gasteiger partial charge >= 0.3 is 5.97 Å². The van der Waals surface area contributed by atoms with Gasteiger partial charge < -0.3 is 10.1 Å². The number of rotatable bonds is 5. The Morgan fingerprint density at radius 2 is 1.54 bits per heavy atom. The number of carbonyl (C=O) groups is 3. The van der Waals surface area contributed by atoms with E-state index in [1.165, 1.54) is 19.1 Å². The molecule has 0 heterocycles. The van der Waals surface area contributed by atoms with Gasteiger partial charge in [0.1, 0.15) is 5.75 Å². The van der Waals surface area contributed by atoms with Crippen LogP contribution in [-0.4, -0.2) is 17.7 Å². The highest BCUT2D eigenvalue weighted by atomic mass is 35.5. The van der Waals surface area contributed by atoms with Crippen molar-refractivity contribution < 1.29 is 19.1 Å². The number of amides is 1. The Balaban J connectivity index is 1.86. The maximum Gasteiger partial charge on any atom is 0.344 e. The molecule has 3 rings (SSSR count). The molecule has 0 aliphatic carbocycles. The van der Waals surface area contributed by atoms with Gasteiger partial charge in [-0.25, -0.2) is 4.79 Å². The van der Waals surface area contributed by atoms with Crippen molar-refractivity contribution >= 4 is 34.9 Å². The molecular formula is C22H16ClNO4. The van der Waals surface area contributed by atoms with Crippen LogP contribution in [-0.2, 0) is 4.79 Å². The monoisotopic (exact) mass is 393 g/mol. The van der Waals surface area contributed by atoms with Crippen molar-refractivity contribution in [1.29, 1.82) is 0 Å². The Kier molecular flexibility index (Phi) is 5.87. The van der Waals surface area contributed by atoms with Crippen LogP contribution in [0.5, 0.6) is 5.75 Å². The third-order valence-electron chi connectivity index (χ3n) is 3.86. The van der Waals surface area contributed by atoms with E-state index in [-0.39, 0.29) is 28.6 Å². The van der Waals surface area contributed by atoms with Gasteiger partial charge in [-0.3, -0.25) is 9.59 Å². The van der Waals surface area contributed by atoms with E-state index in [1.807, 2.05) is 0 Å². The Labute approximate surface area is 166 Å². The molecule has 3 aromatic rings. The van der Waals surface area contributed by atoms with E-state index in [0.29, 0.717) is 16.3 Å². The zero-order valence-electron chi connectivity index (χ0n) is 14.9. The first-order valence-electron chi connectivity index (χ1n) is 8.43. The molecule has 140 valence electrons.